The number of ether oxygens (including phenoxy) is 2. The van der Waals surface area contributed by atoms with Crippen molar-refractivity contribution in [3.8, 4) is 0 Å². The highest BCUT2D eigenvalue weighted by molar-refractivity contribution is 5.72. The van der Waals surface area contributed by atoms with Crippen LogP contribution in [0.1, 0.15) is 52.9 Å². The zero-order chi connectivity index (χ0) is 15.4. The second kappa shape index (κ2) is 7.59. The number of hydrogen-bond donors (Lipinski definition) is 1. The molecule has 5 atom stereocenters. The number of esters is 1. The van der Waals surface area contributed by atoms with Gasteiger partial charge in [0.2, 0.25) is 0 Å². The fourth-order valence-electron chi connectivity index (χ4n) is 3.55. The Kier molecular flexibility index (Phi) is 6.06. The number of carbonyl (C=O) groups excluding carboxylic acids is 1. The summed E-state index contributed by atoms with van der Waals surface area (Å²) in [6.45, 7) is 7.51. The van der Waals surface area contributed by atoms with E-state index in [2.05, 4.69) is 20.8 Å². The van der Waals surface area contributed by atoms with Crippen molar-refractivity contribution >= 4 is 5.97 Å². The second-order valence-electron chi connectivity index (χ2n) is 7.20. The average molecular weight is 298 g/mol. The molecule has 2 rings (SSSR count). The van der Waals surface area contributed by atoms with Gasteiger partial charge < -0.3 is 14.6 Å². The van der Waals surface area contributed by atoms with Gasteiger partial charge in [-0.2, -0.15) is 0 Å². The molecule has 0 aromatic rings. The van der Waals surface area contributed by atoms with Crippen LogP contribution in [-0.2, 0) is 14.3 Å². The molecule has 1 aliphatic heterocycles. The standard InChI is InChI=1S/C17H30O4/c1-11(2)15-7-6-14(8-16(15)18)17(19)21-10-13-5-4-12(3)20-9-13/h11-16,18H,4-10H2,1-3H3. The first-order valence-electron chi connectivity index (χ1n) is 8.43. The van der Waals surface area contributed by atoms with Crippen molar-refractivity contribution in [2.45, 2.75) is 65.1 Å². The van der Waals surface area contributed by atoms with Gasteiger partial charge in [-0.1, -0.05) is 13.8 Å². The van der Waals surface area contributed by atoms with Gasteiger partial charge in [-0.3, -0.25) is 4.79 Å². The fourth-order valence-corrected chi connectivity index (χ4v) is 3.55. The number of rotatable bonds is 4. The summed E-state index contributed by atoms with van der Waals surface area (Å²) in [5, 5.41) is 10.2. The van der Waals surface area contributed by atoms with Gasteiger partial charge in [0.1, 0.15) is 0 Å². The van der Waals surface area contributed by atoms with Crippen molar-refractivity contribution in [3.63, 3.8) is 0 Å². The second-order valence-corrected chi connectivity index (χ2v) is 7.20. The van der Waals surface area contributed by atoms with Gasteiger partial charge in [-0.15, -0.1) is 0 Å². The maximum absolute atomic E-state index is 12.2. The molecule has 122 valence electrons. The Labute approximate surface area is 128 Å². The Morgan fingerprint density at radius 2 is 2.05 bits per heavy atom. The monoisotopic (exact) mass is 298 g/mol. The predicted octanol–water partition coefficient (Wildman–Crippen LogP) is 2.78. The molecule has 2 fully saturated rings. The first-order valence-corrected chi connectivity index (χ1v) is 8.43. The van der Waals surface area contributed by atoms with Gasteiger partial charge in [0.25, 0.3) is 0 Å². The Bertz CT molecular complexity index is 334. The van der Waals surface area contributed by atoms with Crippen molar-refractivity contribution < 1.29 is 19.4 Å². The number of aliphatic hydroxyl groups is 1. The molecule has 0 spiro atoms. The molecule has 0 radical (unpaired) electrons. The van der Waals surface area contributed by atoms with Crippen LogP contribution in [0.5, 0.6) is 0 Å². The average Bonchev–Trinajstić information content (AvgIpc) is 2.45. The quantitative estimate of drug-likeness (QED) is 0.811. The van der Waals surface area contributed by atoms with E-state index in [1.54, 1.807) is 0 Å². The van der Waals surface area contributed by atoms with Gasteiger partial charge in [-0.05, 0) is 50.9 Å². The van der Waals surface area contributed by atoms with E-state index in [-0.39, 0.29) is 18.0 Å². The molecule has 1 saturated heterocycles. The summed E-state index contributed by atoms with van der Waals surface area (Å²) < 4.78 is 11.1. The minimum Gasteiger partial charge on any atom is -0.465 e. The zero-order valence-electron chi connectivity index (χ0n) is 13.6. The molecule has 0 amide bonds. The molecule has 4 heteroatoms. The van der Waals surface area contributed by atoms with Crippen molar-refractivity contribution in [2.75, 3.05) is 13.2 Å². The molecular formula is C17H30O4. The first kappa shape index (κ1) is 16.8. The Morgan fingerprint density at radius 1 is 1.29 bits per heavy atom. The van der Waals surface area contributed by atoms with Gasteiger partial charge in [0.05, 0.1) is 31.3 Å². The maximum Gasteiger partial charge on any atom is 0.309 e. The Morgan fingerprint density at radius 3 is 2.62 bits per heavy atom. The van der Waals surface area contributed by atoms with Gasteiger partial charge in [0, 0.05) is 5.92 Å². The topological polar surface area (TPSA) is 55.8 Å². The minimum atomic E-state index is -0.366. The van der Waals surface area contributed by atoms with Crippen LogP contribution in [0.4, 0.5) is 0 Å². The van der Waals surface area contributed by atoms with Crippen molar-refractivity contribution in [1.82, 2.24) is 0 Å². The lowest BCUT2D eigenvalue weighted by molar-refractivity contribution is -0.155. The van der Waals surface area contributed by atoms with E-state index in [0.29, 0.717) is 43.5 Å². The lowest BCUT2D eigenvalue weighted by Crippen LogP contribution is -2.36. The third kappa shape index (κ3) is 4.68. The summed E-state index contributed by atoms with van der Waals surface area (Å²) in [7, 11) is 0. The maximum atomic E-state index is 12.2. The molecule has 1 heterocycles. The molecule has 1 saturated carbocycles. The minimum absolute atomic E-state index is 0.126. The SMILES string of the molecule is CC1CCC(COC(=O)C2CCC(C(C)C)C(O)C2)CO1. The van der Waals surface area contributed by atoms with Crippen molar-refractivity contribution in [1.29, 1.82) is 0 Å². The Balaban J connectivity index is 1.72. The lowest BCUT2D eigenvalue weighted by atomic mass is 9.75. The van der Waals surface area contributed by atoms with Crippen LogP contribution in [0.25, 0.3) is 0 Å². The third-order valence-electron chi connectivity index (χ3n) is 5.12. The van der Waals surface area contributed by atoms with E-state index in [1.807, 2.05) is 0 Å². The van der Waals surface area contributed by atoms with Crippen LogP contribution < -0.4 is 0 Å². The smallest absolute Gasteiger partial charge is 0.309 e. The van der Waals surface area contributed by atoms with E-state index in [9.17, 15) is 9.90 Å². The normalized spacial score (nSPS) is 37.5. The van der Waals surface area contributed by atoms with Crippen LogP contribution in [-0.4, -0.2) is 36.5 Å². The number of carbonyl (C=O) groups is 1. The molecular weight excluding hydrogens is 268 g/mol. The number of hydrogen-bond acceptors (Lipinski definition) is 4. The van der Waals surface area contributed by atoms with Crippen LogP contribution in [0.15, 0.2) is 0 Å². The lowest BCUT2D eigenvalue weighted by Gasteiger charge is -2.34. The molecule has 1 N–H and O–H groups in total. The van der Waals surface area contributed by atoms with Crippen molar-refractivity contribution in [3.05, 3.63) is 0 Å². The van der Waals surface area contributed by atoms with Gasteiger partial charge in [0.15, 0.2) is 0 Å². The highest BCUT2D eigenvalue weighted by Crippen LogP contribution is 2.34. The van der Waals surface area contributed by atoms with Crippen LogP contribution >= 0.6 is 0 Å². The molecule has 4 nitrogen and oxygen atoms in total. The Hall–Kier alpha value is -0.610. The summed E-state index contributed by atoms with van der Waals surface area (Å²) in [6, 6.07) is 0. The highest BCUT2D eigenvalue weighted by Gasteiger charge is 2.35. The van der Waals surface area contributed by atoms with Gasteiger partial charge in [-0.25, -0.2) is 0 Å². The third-order valence-corrected chi connectivity index (χ3v) is 5.12. The summed E-state index contributed by atoms with van der Waals surface area (Å²) >= 11 is 0. The van der Waals surface area contributed by atoms with E-state index in [4.69, 9.17) is 9.47 Å². The largest absolute Gasteiger partial charge is 0.465 e. The zero-order valence-corrected chi connectivity index (χ0v) is 13.6. The van der Waals surface area contributed by atoms with E-state index in [1.165, 1.54) is 0 Å². The molecule has 5 unspecified atom stereocenters. The molecule has 0 aromatic heterocycles. The number of aliphatic hydroxyl groups excluding tert-OH is 1. The van der Waals surface area contributed by atoms with Crippen LogP contribution in [0.3, 0.4) is 0 Å². The summed E-state index contributed by atoms with van der Waals surface area (Å²) in [5.74, 6) is 0.871. The van der Waals surface area contributed by atoms with Crippen LogP contribution in [0.2, 0.25) is 0 Å². The summed E-state index contributed by atoms with van der Waals surface area (Å²) in [4.78, 5) is 12.2. The van der Waals surface area contributed by atoms with E-state index in [0.717, 1.165) is 25.7 Å². The fraction of sp³-hybridized carbons (Fsp3) is 0.941. The highest BCUT2D eigenvalue weighted by atomic mass is 16.5. The molecule has 21 heavy (non-hydrogen) atoms. The van der Waals surface area contributed by atoms with Crippen molar-refractivity contribution in [2.24, 2.45) is 23.7 Å². The molecule has 2 aliphatic rings. The molecule has 0 bridgehead atoms. The van der Waals surface area contributed by atoms with E-state index < -0.39 is 0 Å². The molecule has 1 aliphatic carbocycles. The van der Waals surface area contributed by atoms with E-state index >= 15 is 0 Å². The summed E-state index contributed by atoms with van der Waals surface area (Å²) in [5.41, 5.74) is 0. The van der Waals surface area contributed by atoms with Gasteiger partial charge >= 0.3 is 5.97 Å². The predicted molar refractivity (Wildman–Crippen MR) is 80.8 cm³/mol. The first-order chi connectivity index (χ1) is 9.97. The molecule has 0 aromatic carbocycles. The summed E-state index contributed by atoms with van der Waals surface area (Å²) in [6.07, 6.45) is 4.39. The van der Waals surface area contributed by atoms with Crippen LogP contribution in [0, 0.1) is 23.7 Å².